The molecule has 0 radical (unpaired) electrons. The normalized spacial score (nSPS) is 22.1. The number of nitriles is 1. The highest BCUT2D eigenvalue weighted by atomic mass is 35.5. The quantitative estimate of drug-likeness (QED) is 0.360. The van der Waals surface area contributed by atoms with Crippen molar-refractivity contribution in [2.24, 2.45) is 5.92 Å². The van der Waals surface area contributed by atoms with Crippen LogP contribution in [0.3, 0.4) is 0 Å². The highest BCUT2D eigenvalue weighted by Crippen LogP contribution is 2.47. The Bertz CT molecular complexity index is 1510. The fourth-order valence-electron chi connectivity index (χ4n) is 5.41. The third-order valence-corrected chi connectivity index (χ3v) is 7.89. The number of carbonyl (C=O) groups is 4. The zero-order chi connectivity index (χ0) is 29.7. The second-order valence-corrected chi connectivity index (χ2v) is 10.8. The number of anilines is 2. The number of nitrogens with one attached hydrogen (secondary N) is 3. The second kappa shape index (κ2) is 10.3. The van der Waals surface area contributed by atoms with Crippen molar-refractivity contribution in [2.75, 3.05) is 17.2 Å². The Morgan fingerprint density at radius 2 is 1.90 bits per heavy atom. The number of halogens is 5. The van der Waals surface area contributed by atoms with Gasteiger partial charge in [0.25, 0.3) is 0 Å². The lowest BCUT2D eigenvalue weighted by atomic mass is 9.80. The summed E-state index contributed by atoms with van der Waals surface area (Å²) in [7, 11) is 0. The molecule has 1 spiro atoms. The first kappa shape index (κ1) is 28.4. The maximum Gasteiger partial charge on any atom is 0.418 e. The second-order valence-electron chi connectivity index (χ2n) is 10.4. The molecule has 1 saturated heterocycles. The number of alkyl halides is 3. The number of carbonyl (C=O) groups excluding carboxylic acids is 4. The highest BCUT2D eigenvalue weighted by Gasteiger charge is 2.56. The first-order valence-corrected chi connectivity index (χ1v) is 13.0. The number of benzene rings is 2. The third-order valence-electron chi connectivity index (χ3n) is 7.59. The van der Waals surface area contributed by atoms with Gasteiger partial charge in [0.05, 0.1) is 27.8 Å². The van der Waals surface area contributed by atoms with Crippen molar-refractivity contribution < 1.29 is 36.7 Å². The van der Waals surface area contributed by atoms with E-state index in [4.69, 9.17) is 11.6 Å². The van der Waals surface area contributed by atoms with Crippen molar-refractivity contribution in [3.63, 3.8) is 0 Å². The Kier molecular flexibility index (Phi) is 7.15. The van der Waals surface area contributed by atoms with Crippen LogP contribution in [0.5, 0.6) is 0 Å². The largest absolute Gasteiger partial charge is 0.418 e. The maximum absolute atomic E-state index is 13.7. The van der Waals surface area contributed by atoms with Crippen LogP contribution in [0.15, 0.2) is 36.4 Å². The fraction of sp³-hybridized carbons (Fsp3) is 0.370. The number of fused-ring (bicyclic) bond motifs is 2. The molecule has 214 valence electrons. The molecule has 2 aliphatic heterocycles. The lowest BCUT2D eigenvalue weighted by Gasteiger charge is -2.27. The Labute approximate surface area is 235 Å². The van der Waals surface area contributed by atoms with Crippen LogP contribution < -0.4 is 16.0 Å². The van der Waals surface area contributed by atoms with Gasteiger partial charge in [-0.15, -0.1) is 0 Å². The van der Waals surface area contributed by atoms with Gasteiger partial charge in [-0.25, -0.2) is 4.39 Å². The summed E-state index contributed by atoms with van der Waals surface area (Å²) in [5.41, 5.74) is -2.57. The summed E-state index contributed by atoms with van der Waals surface area (Å²) < 4.78 is 53.9. The van der Waals surface area contributed by atoms with E-state index >= 15 is 0 Å². The van der Waals surface area contributed by atoms with Gasteiger partial charge in [-0.1, -0.05) is 42.6 Å². The lowest BCUT2D eigenvalue weighted by molar-refractivity contribution is -0.140. The molecule has 4 amide bonds. The molecule has 5 rings (SSSR count). The smallest absolute Gasteiger partial charge is 0.336 e. The van der Waals surface area contributed by atoms with Gasteiger partial charge in [0.1, 0.15) is 17.9 Å². The van der Waals surface area contributed by atoms with Crippen molar-refractivity contribution in [1.29, 1.82) is 5.26 Å². The summed E-state index contributed by atoms with van der Waals surface area (Å²) in [5.74, 6) is -5.31. The minimum Gasteiger partial charge on any atom is -0.336 e. The van der Waals surface area contributed by atoms with E-state index in [-0.39, 0.29) is 37.3 Å². The van der Waals surface area contributed by atoms with Crippen molar-refractivity contribution in [3.05, 3.63) is 58.4 Å². The monoisotopic (exact) mass is 591 g/mol. The summed E-state index contributed by atoms with van der Waals surface area (Å²) in [4.78, 5) is 53.4. The minimum absolute atomic E-state index is 0.0198. The lowest BCUT2D eigenvalue weighted by Crippen LogP contribution is -2.53. The van der Waals surface area contributed by atoms with Crippen molar-refractivity contribution in [2.45, 2.75) is 49.4 Å². The molecule has 2 heterocycles. The van der Waals surface area contributed by atoms with E-state index in [0.29, 0.717) is 17.3 Å². The zero-order valence-corrected chi connectivity index (χ0v) is 21.9. The van der Waals surface area contributed by atoms with Gasteiger partial charge in [-0.05, 0) is 36.1 Å². The molecule has 2 aromatic rings. The van der Waals surface area contributed by atoms with Gasteiger partial charge in [0, 0.05) is 18.7 Å². The van der Waals surface area contributed by atoms with Gasteiger partial charge in [-0.2, -0.15) is 18.4 Å². The van der Waals surface area contributed by atoms with Crippen LogP contribution in [0.1, 0.15) is 36.8 Å². The summed E-state index contributed by atoms with van der Waals surface area (Å²) in [6.45, 7) is -0.143. The van der Waals surface area contributed by atoms with E-state index in [9.17, 15) is 42.0 Å². The molecule has 1 saturated carbocycles. The molecule has 0 aromatic heterocycles. The summed E-state index contributed by atoms with van der Waals surface area (Å²) in [6.07, 6.45) is -3.45. The van der Waals surface area contributed by atoms with E-state index < -0.39 is 63.5 Å². The molecular weight excluding hydrogens is 570 g/mol. The zero-order valence-electron chi connectivity index (χ0n) is 21.1. The van der Waals surface area contributed by atoms with Crippen LogP contribution in [-0.2, 0) is 30.8 Å². The number of likely N-dealkylation sites (tertiary alicyclic amines) is 1. The fourth-order valence-corrected chi connectivity index (χ4v) is 5.67. The number of hydrogen-bond acceptors (Lipinski definition) is 5. The summed E-state index contributed by atoms with van der Waals surface area (Å²) in [5, 5.41) is 15.9. The van der Waals surface area contributed by atoms with Gasteiger partial charge in [0.15, 0.2) is 0 Å². The van der Waals surface area contributed by atoms with Crippen molar-refractivity contribution >= 4 is 46.6 Å². The number of nitrogens with zero attached hydrogens (tertiary/aromatic N) is 2. The van der Waals surface area contributed by atoms with Crippen LogP contribution >= 0.6 is 11.6 Å². The molecule has 0 bridgehead atoms. The predicted molar refractivity (Wildman–Crippen MR) is 137 cm³/mol. The van der Waals surface area contributed by atoms with E-state index in [1.807, 2.05) is 6.07 Å². The van der Waals surface area contributed by atoms with E-state index in [1.165, 1.54) is 4.90 Å². The van der Waals surface area contributed by atoms with Crippen LogP contribution in [-0.4, -0.2) is 47.2 Å². The van der Waals surface area contributed by atoms with Crippen LogP contribution in [0.2, 0.25) is 5.02 Å². The predicted octanol–water partition coefficient (Wildman–Crippen LogP) is 3.74. The molecule has 2 fully saturated rings. The van der Waals surface area contributed by atoms with E-state index in [2.05, 4.69) is 10.6 Å². The maximum atomic E-state index is 13.7. The molecule has 0 unspecified atom stereocenters. The van der Waals surface area contributed by atoms with Crippen LogP contribution in [0, 0.1) is 23.1 Å². The van der Waals surface area contributed by atoms with Crippen LogP contribution in [0.4, 0.5) is 28.9 Å². The molecule has 1 aliphatic carbocycles. The number of rotatable bonds is 5. The molecule has 41 heavy (non-hydrogen) atoms. The molecule has 3 aliphatic rings. The number of amides is 4. The average Bonchev–Trinajstić information content (AvgIpc) is 3.58. The SMILES string of the molecule is N#C[C@@H]1C[C@@]2(CN1C(=O)[C@H](CC1CC1)NC(=O)C(=O)Nc1c(Cl)cc(F)cc1C(F)(F)F)C(=O)Nc1ccccc12. The molecule has 9 nitrogen and oxygen atoms in total. The van der Waals surface area contributed by atoms with Gasteiger partial charge in [0.2, 0.25) is 11.8 Å². The number of hydrogen-bond donors (Lipinski definition) is 3. The Morgan fingerprint density at radius 3 is 2.56 bits per heavy atom. The van der Waals surface area contributed by atoms with Crippen molar-refractivity contribution in [3.8, 4) is 6.07 Å². The first-order chi connectivity index (χ1) is 19.3. The number of para-hydroxylation sites is 1. The molecular formula is C27H22ClF4N5O4. The molecule has 3 atom stereocenters. The molecule has 14 heteroatoms. The minimum atomic E-state index is -5.10. The van der Waals surface area contributed by atoms with Crippen LogP contribution in [0.25, 0.3) is 0 Å². The Hall–Kier alpha value is -4.18. The molecule has 2 aromatic carbocycles. The summed E-state index contributed by atoms with van der Waals surface area (Å²) in [6, 6.07) is 7.32. The van der Waals surface area contributed by atoms with Gasteiger partial charge >= 0.3 is 18.0 Å². The third kappa shape index (κ3) is 5.31. The van der Waals surface area contributed by atoms with E-state index in [0.717, 1.165) is 12.8 Å². The Morgan fingerprint density at radius 1 is 1.20 bits per heavy atom. The topological polar surface area (TPSA) is 131 Å². The van der Waals surface area contributed by atoms with Gasteiger partial charge in [-0.3, -0.25) is 19.2 Å². The highest BCUT2D eigenvalue weighted by molar-refractivity contribution is 6.42. The van der Waals surface area contributed by atoms with Gasteiger partial charge < -0.3 is 20.9 Å². The average molecular weight is 592 g/mol. The van der Waals surface area contributed by atoms with Crippen molar-refractivity contribution in [1.82, 2.24) is 10.2 Å². The van der Waals surface area contributed by atoms with E-state index in [1.54, 1.807) is 29.6 Å². The Balaban J connectivity index is 1.36. The summed E-state index contributed by atoms with van der Waals surface area (Å²) >= 11 is 5.74. The molecule has 3 N–H and O–H groups in total. The first-order valence-electron chi connectivity index (χ1n) is 12.6. The standard InChI is InChI=1S/C27H22ClF4N5O4/c28-18-9-14(29)8-17(27(30,31)32)21(18)36-23(39)22(38)34-20(7-13-5-6-13)24(40)37-12-26(10-15(37)11-33)16-3-1-2-4-19(16)35-25(26)41/h1-4,8-9,13,15,20H,5-7,10,12H2,(H,34,38)(H,35,41)(H,36,39)/t15-,20-,26-/m0/s1.